The highest BCUT2D eigenvalue weighted by atomic mass is 35.5. The second-order valence-corrected chi connectivity index (χ2v) is 11.0. The molecule has 10 heteroatoms. The van der Waals surface area contributed by atoms with Crippen LogP contribution in [-0.4, -0.2) is 25.4 Å². The maximum absolute atomic E-state index is 13.7. The highest BCUT2D eigenvalue weighted by Crippen LogP contribution is 2.43. The number of allylic oxidation sites excluding steroid dienone is 1. The highest BCUT2D eigenvalue weighted by Gasteiger charge is 2.41. The van der Waals surface area contributed by atoms with Crippen LogP contribution in [0.4, 0.5) is 16.2 Å². The number of nitrogens with zero attached hydrogens (tertiary/aromatic N) is 1. The number of urea groups is 1. The number of methoxy groups -OCH3 is 1. The minimum Gasteiger partial charge on any atom is -0.495 e. The molecule has 3 aromatic rings. The van der Waals surface area contributed by atoms with Crippen LogP contribution in [-0.2, 0) is 11.3 Å². The van der Waals surface area contributed by atoms with Crippen molar-refractivity contribution < 1.29 is 14.3 Å². The molecule has 0 aromatic heterocycles. The van der Waals surface area contributed by atoms with E-state index < -0.39 is 12.1 Å². The summed E-state index contributed by atoms with van der Waals surface area (Å²) in [6, 6.07) is 15.4. The number of carbonyl (C=O) groups excluding carboxylic acids is 2. The summed E-state index contributed by atoms with van der Waals surface area (Å²) in [5, 5.41) is 19.1. The van der Waals surface area contributed by atoms with Crippen LogP contribution >= 0.6 is 23.2 Å². The van der Waals surface area contributed by atoms with Crippen molar-refractivity contribution in [3.8, 4) is 5.75 Å². The molecule has 1 atom stereocenters. The van der Waals surface area contributed by atoms with Crippen molar-refractivity contribution in [3.63, 3.8) is 0 Å². The van der Waals surface area contributed by atoms with Gasteiger partial charge in [0.15, 0.2) is 0 Å². The summed E-state index contributed by atoms with van der Waals surface area (Å²) >= 11 is 12.8. The Morgan fingerprint density at radius 2 is 1.78 bits per heavy atom. The molecule has 4 rings (SSSR count). The third kappa shape index (κ3) is 6.34. The molecule has 41 heavy (non-hydrogen) atoms. The van der Waals surface area contributed by atoms with E-state index in [9.17, 15) is 9.59 Å². The number of halogens is 2. The first-order valence-corrected chi connectivity index (χ1v) is 13.9. The first kappa shape index (κ1) is 30.0. The lowest BCUT2D eigenvalue weighted by atomic mass is 9.86. The number of anilines is 2. The van der Waals surface area contributed by atoms with Crippen molar-refractivity contribution in [2.75, 3.05) is 17.3 Å². The van der Waals surface area contributed by atoms with Crippen molar-refractivity contribution in [3.05, 3.63) is 98.2 Å². The summed E-state index contributed by atoms with van der Waals surface area (Å²) in [7, 11) is 1.58. The molecule has 1 fully saturated rings. The molecule has 0 aliphatic carbocycles. The lowest BCUT2D eigenvalue weighted by molar-refractivity contribution is -0.109. The van der Waals surface area contributed by atoms with Crippen molar-refractivity contribution in [2.24, 2.45) is 5.92 Å². The Hall–Kier alpha value is -4.01. The molecule has 8 nitrogen and oxygen atoms in total. The lowest BCUT2D eigenvalue weighted by Gasteiger charge is -2.41. The van der Waals surface area contributed by atoms with Gasteiger partial charge >= 0.3 is 6.03 Å². The monoisotopic (exact) mass is 593 g/mol. The summed E-state index contributed by atoms with van der Waals surface area (Å²) in [6.45, 7) is 8.23. The van der Waals surface area contributed by atoms with Gasteiger partial charge in [0.1, 0.15) is 11.6 Å². The average Bonchev–Trinajstić information content (AvgIpc) is 2.92. The van der Waals surface area contributed by atoms with Gasteiger partial charge in [-0.3, -0.25) is 20.4 Å². The molecule has 3 amide bonds. The molecule has 1 heterocycles. The third-order valence-electron chi connectivity index (χ3n) is 7.00. The van der Waals surface area contributed by atoms with Crippen LogP contribution in [0.15, 0.2) is 65.9 Å². The van der Waals surface area contributed by atoms with E-state index in [1.165, 1.54) is 0 Å². The number of carbonyl (C=O) groups is 2. The second kappa shape index (κ2) is 12.7. The number of amides is 3. The Kier molecular flexibility index (Phi) is 9.25. The first-order chi connectivity index (χ1) is 19.5. The number of amidine groups is 1. The summed E-state index contributed by atoms with van der Waals surface area (Å²) in [5.74, 6) is 0.477. The second-order valence-electron chi connectivity index (χ2n) is 10.1. The SMILES string of the molecule is COc1ccc(CNC=O)cc1N/C(=C1\C(=N)NC(=O)N(c2cc(Cl)ccc2C)C1c1ccc(Cl)cc1C)C(C)C. The Bertz CT molecular complexity index is 1540. The smallest absolute Gasteiger partial charge is 0.328 e. The van der Waals surface area contributed by atoms with Gasteiger partial charge in [-0.25, -0.2) is 4.79 Å². The predicted molar refractivity (Wildman–Crippen MR) is 165 cm³/mol. The average molecular weight is 595 g/mol. The molecule has 0 spiro atoms. The number of rotatable bonds is 9. The molecule has 0 radical (unpaired) electrons. The van der Waals surface area contributed by atoms with E-state index in [4.69, 9.17) is 33.3 Å². The van der Waals surface area contributed by atoms with E-state index in [1.807, 2.05) is 64.1 Å². The molecule has 1 saturated heterocycles. The molecule has 214 valence electrons. The predicted octanol–water partition coefficient (Wildman–Crippen LogP) is 7.14. The number of hydrogen-bond donors (Lipinski definition) is 4. The summed E-state index contributed by atoms with van der Waals surface area (Å²) in [6.07, 6.45) is 0.649. The molecule has 1 unspecified atom stereocenters. The van der Waals surface area contributed by atoms with Gasteiger partial charge in [-0.05, 0) is 78.4 Å². The molecule has 3 aromatic carbocycles. The fourth-order valence-corrected chi connectivity index (χ4v) is 5.41. The first-order valence-electron chi connectivity index (χ1n) is 13.1. The molecular formula is C31H33Cl2N5O3. The van der Waals surface area contributed by atoms with Crippen LogP contribution in [0.2, 0.25) is 10.0 Å². The van der Waals surface area contributed by atoms with Crippen LogP contribution in [0.1, 0.15) is 42.1 Å². The quantitative estimate of drug-likeness (QED) is 0.198. The van der Waals surface area contributed by atoms with Gasteiger partial charge in [-0.15, -0.1) is 0 Å². The van der Waals surface area contributed by atoms with Gasteiger partial charge < -0.3 is 15.4 Å². The van der Waals surface area contributed by atoms with Crippen molar-refractivity contribution in [1.82, 2.24) is 10.6 Å². The van der Waals surface area contributed by atoms with Crippen LogP contribution in [0.25, 0.3) is 0 Å². The van der Waals surface area contributed by atoms with E-state index in [1.54, 1.807) is 30.2 Å². The fraction of sp³-hybridized carbons (Fsp3) is 0.258. The van der Waals surface area contributed by atoms with E-state index >= 15 is 0 Å². The molecule has 0 bridgehead atoms. The van der Waals surface area contributed by atoms with Gasteiger partial charge in [-0.1, -0.05) is 55.2 Å². The van der Waals surface area contributed by atoms with Crippen molar-refractivity contribution in [2.45, 2.75) is 40.3 Å². The Morgan fingerprint density at radius 1 is 1.07 bits per heavy atom. The van der Waals surface area contributed by atoms with Crippen molar-refractivity contribution >= 4 is 52.9 Å². The van der Waals surface area contributed by atoms with Gasteiger partial charge in [-0.2, -0.15) is 0 Å². The summed E-state index contributed by atoms with van der Waals surface area (Å²) in [4.78, 5) is 26.2. The van der Waals surface area contributed by atoms with E-state index in [0.717, 1.165) is 28.0 Å². The number of benzene rings is 3. The molecule has 1 aliphatic heterocycles. The highest BCUT2D eigenvalue weighted by molar-refractivity contribution is 6.31. The van der Waals surface area contributed by atoms with Crippen LogP contribution in [0.5, 0.6) is 5.75 Å². The van der Waals surface area contributed by atoms with E-state index in [0.29, 0.717) is 45.7 Å². The van der Waals surface area contributed by atoms with Crippen LogP contribution < -0.4 is 25.6 Å². The molecule has 1 aliphatic rings. The fourth-order valence-electron chi connectivity index (χ4n) is 5.02. The Labute approximate surface area is 250 Å². The molecule has 4 N–H and O–H groups in total. The topological polar surface area (TPSA) is 107 Å². The van der Waals surface area contributed by atoms with E-state index in [2.05, 4.69) is 16.0 Å². The van der Waals surface area contributed by atoms with Crippen LogP contribution in [0, 0.1) is 25.2 Å². The number of aryl methyl sites for hydroxylation is 2. The number of hydrogen-bond acceptors (Lipinski definition) is 5. The zero-order valence-corrected chi connectivity index (χ0v) is 25.1. The number of ether oxygens (including phenoxy) is 1. The Morgan fingerprint density at radius 3 is 2.44 bits per heavy atom. The third-order valence-corrected chi connectivity index (χ3v) is 7.47. The minimum atomic E-state index is -0.679. The maximum atomic E-state index is 13.7. The Balaban J connectivity index is 2.00. The zero-order chi connectivity index (χ0) is 29.8. The minimum absolute atomic E-state index is 0.0146. The standard InChI is InChI=1S/C31H33Cl2N5O3/c1-17(2)28(36-24-13-20(15-35-16-39)7-11-26(24)41-5)27-29(23-10-9-21(32)12-19(23)4)38(31(40)37-30(27)34)25-14-22(33)8-6-18(25)3/h6-14,16-17,29,36H,15H2,1-5H3,(H,35,39)(H2,34,37,40)/b28-27-. The molecule has 0 saturated carbocycles. The maximum Gasteiger partial charge on any atom is 0.328 e. The van der Waals surface area contributed by atoms with Gasteiger partial charge in [0.05, 0.1) is 24.5 Å². The van der Waals surface area contributed by atoms with Gasteiger partial charge in [0, 0.05) is 27.9 Å². The van der Waals surface area contributed by atoms with Gasteiger partial charge in [0.25, 0.3) is 0 Å². The van der Waals surface area contributed by atoms with Crippen molar-refractivity contribution in [1.29, 1.82) is 5.41 Å². The van der Waals surface area contributed by atoms with E-state index in [-0.39, 0.29) is 11.8 Å². The lowest BCUT2D eigenvalue weighted by Crippen LogP contribution is -2.53. The summed E-state index contributed by atoms with van der Waals surface area (Å²) < 4.78 is 5.64. The summed E-state index contributed by atoms with van der Waals surface area (Å²) in [5.41, 5.74) is 6.00. The van der Waals surface area contributed by atoms with Gasteiger partial charge in [0.2, 0.25) is 6.41 Å². The zero-order valence-electron chi connectivity index (χ0n) is 23.6. The number of nitrogens with one attached hydrogen (secondary N) is 4. The van der Waals surface area contributed by atoms with Crippen LogP contribution in [0.3, 0.4) is 0 Å². The largest absolute Gasteiger partial charge is 0.495 e. The molecular weight excluding hydrogens is 561 g/mol. The normalized spacial score (nSPS) is 16.4.